The minimum absolute atomic E-state index is 0.278. The van der Waals surface area contributed by atoms with Crippen LogP contribution in [0.3, 0.4) is 0 Å². The topological polar surface area (TPSA) is 89.4 Å². The molecular formula is C12H13F4N3O2. The van der Waals surface area contributed by atoms with Gasteiger partial charge in [-0.2, -0.15) is 8.78 Å². The molecule has 0 aliphatic heterocycles. The number of hydrogen-bond acceptors (Lipinski definition) is 3. The Bertz CT molecular complexity index is 520. The Morgan fingerprint density at radius 2 is 1.71 bits per heavy atom. The lowest BCUT2D eigenvalue weighted by molar-refractivity contribution is -0.181. The number of carbonyl (C=O) groups is 2. The van der Waals surface area contributed by atoms with E-state index in [4.69, 9.17) is 11.5 Å². The summed E-state index contributed by atoms with van der Waals surface area (Å²) in [6, 6.07) is 5.70. The van der Waals surface area contributed by atoms with Gasteiger partial charge < -0.3 is 16.4 Å². The van der Waals surface area contributed by atoms with E-state index in [-0.39, 0.29) is 4.90 Å². The quantitative estimate of drug-likeness (QED) is 0.606. The number of hydrogen-bond donors (Lipinski definition) is 2. The Labute approximate surface area is 117 Å². The van der Waals surface area contributed by atoms with Crippen LogP contribution in [0.1, 0.15) is 5.56 Å². The summed E-state index contributed by atoms with van der Waals surface area (Å²) in [7, 11) is 0. The van der Waals surface area contributed by atoms with Gasteiger partial charge in [0.25, 0.3) is 5.91 Å². The van der Waals surface area contributed by atoms with Gasteiger partial charge >= 0.3 is 12.3 Å². The zero-order valence-corrected chi connectivity index (χ0v) is 10.7. The predicted octanol–water partition coefficient (Wildman–Crippen LogP) is 0.983. The first-order valence-corrected chi connectivity index (χ1v) is 5.72. The second kappa shape index (κ2) is 6.42. The zero-order valence-electron chi connectivity index (χ0n) is 10.7. The molecule has 0 spiro atoms. The van der Waals surface area contributed by atoms with Crippen molar-refractivity contribution in [2.24, 2.45) is 5.73 Å². The fourth-order valence-electron chi connectivity index (χ4n) is 1.54. The molecule has 2 amide bonds. The average molecular weight is 307 g/mol. The van der Waals surface area contributed by atoms with Crippen molar-refractivity contribution in [3.05, 3.63) is 29.8 Å². The normalized spacial score (nSPS) is 11.5. The summed E-state index contributed by atoms with van der Waals surface area (Å²) < 4.78 is 50.6. The standard InChI is InChI=1S/C12H13F4N3O2/c13-10(14)12(15,16)11(21)19(6-9(18)20)5-7-1-3-8(17)4-2-7/h1-4,10H,5-6,17H2,(H2,18,20). The Kier molecular flexibility index (Phi) is 5.12. The summed E-state index contributed by atoms with van der Waals surface area (Å²) in [5.74, 6) is -8.14. The van der Waals surface area contributed by atoms with Crippen LogP contribution in [0.4, 0.5) is 23.2 Å². The number of nitrogens with zero attached hydrogens (tertiary/aromatic N) is 1. The number of nitrogens with two attached hydrogens (primary N) is 2. The van der Waals surface area contributed by atoms with Gasteiger partial charge in [-0.25, -0.2) is 8.78 Å². The van der Waals surface area contributed by atoms with Crippen LogP contribution in [-0.4, -0.2) is 35.6 Å². The molecule has 1 aromatic carbocycles. The third-order valence-electron chi connectivity index (χ3n) is 2.55. The number of primary amides is 1. The number of rotatable bonds is 6. The monoisotopic (exact) mass is 307 g/mol. The molecular weight excluding hydrogens is 294 g/mol. The van der Waals surface area contributed by atoms with E-state index in [9.17, 15) is 27.2 Å². The highest BCUT2D eigenvalue weighted by molar-refractivity contribution is 5.88. The SMILES string of the molecule is NC(=O)CN(Cc1ccc(N)cc1)C(=O)C(F)(F)C(F)F. The van der Waals surface area contributed by atoms with Crippen LogP contribution in [0.5, 0.6) is 0 Å². The van der Waals surface area contributed by atoms with Crippen LogP contribution >= 0.6 is 0 Å². The minimum atomic E-state index is -4.89. The van der Waals surface area contributed by atoms with E-state index in [0.717, 1.165) is 0 Å². The maximum Gasteiger partial charge on any atom is 0.383 e. The fraction of sp³-hybridized carbons (Fsp3) is 0.333. The number of halogens is 4. The molecule has 0 fully saturated rings. The number of nitrogen functional groups attached to an aromatic ring is 1. The van der Waals surface area contributed by atoms with Crippen molar-refractivity contribution in [3.8, 4) is 0 Å². The van der Waals surface area contributed by atoms with Crippen molar-refractivity contribution < 1.29 is 27.2 Å². The number of amides is 2. The molecule has 0 heterocycles. The van der Waals surface area contributed by atoms with Crippen LogP contribution < -0.4 is 11.5 Å². The molecule has 0 saturated heterocycles. The van der Waals surface area contributed by atoms with Crippen molar-refractivity contribution in [2.45, 2.75) is 18.9 Å². The summed E-state index contributed by atoms with van der Waals surface area (Å²) in [4.78, 5) is 22.6. The maximum atomic E-state index is 13.1. The van der Waals surface area contributed by atoms with E-state index >= 15 is 0 Å². The predicted molar refractivity (Wildman–Crippen MR) is 66.4 cm³/mol. The largest absolute Gasteiger partial charge is 0.399 e. The number of carbonyl (C=O) groups excluding carboxylic acids is 2. The molecule has 0 radical (unpaired) electrons. The highest BCUT2D eigenvalue weighted by atomic mass is 19.3. The first-order valence-electron chi connectivity index (χ1n) is 5.72. The van der Waals surface area contributed by atoms with Gasteiger partial charge in [-0.15, -0.1) is 0 Å². The molecule has 0 aromatic heterocycles. The molecule has 0 bridgehead atoms. The summed E-state index contributed by atoms with van der Waals surface area (Å²) in [6.07, 6.45) is -4.17. The van der Waals surface area contributed by atoms with E-state index in [0.29, 0.717) is 11.3 Å². The number of alkyl halides is 4. The fourth-order valence-corrected chi connectivity index (χ4v) is 1.54. The molecule has 1 rings (SSSR count). The van der Waals surface area contributed by atoms with E-state index in [1.54, 1.807) is 0 Å². The van der Waals surface area contributed by atoms with Crippen molar-refractivity contribution in [2.75, 3.05) is 12.3 Å². The molecule has 21 heavy (non-hydrogen) atoms. The lowest BCUT2D eigenvalue weighted by Crippen LogP contribution is -2.49. The highest BCUT2D eigenvalue weighted by Gasteiger charge is 2.51. The smallest absolute Gasteiger partial charge is 0.383 e. The molecule has 0 aliphatic rings. The van der Waals surface area contributed by atoms with Crippen LogP contribution in [0.25, 0.3) is 0 Å². The summed E-state index contributed by atoms with van der Waals surface area (Å²) in [6.45, 7) is -1.37. The molecule has 1 aromatic rings. The van der Waals surface area contributed by atoms with Gasteiger partial charge in [-0.1, -0.05) is 12.1 Å². The molecule has 0 aliphatic carbocycles. The Morgan fingerprint density at radius 1 is 1.19 bits per heavy atom. The third-order valence-corrected chi connectivity index (χ3v) is 2.55. The molecule has 9 heteroatoms. The van der Waals surface area contributed by atoms with E-state index in [2.05, 4.69) is 0 Å². The molecule has 116 valence electrons. The van der Waals surface area contributed by atoms with E-state index in [1.807, 2.05) is 0 Å². The van der Waals surface area contributed by atoms with Crippen molar-refractivity contribution in [1.29, 1.82) is 0 Å². The van der Waals surface area contributed by atoms with Gasteiger partial charge in [0, 0.05) is 12.2 Å². The van der Waals surface area contributed by atoms with Gasteiger partial charge in [0.1, 0.15) is 0 Å². The van der Waals surface area contributed by atoms with Gasteiger partial charge in [-0.3, -0.25) is 9.59 Å². The van der Waals surface area contributed by atoms with Gasteiger partial charge in [0.2, 0.25) is 5.91 Å². The molecule has 0 unspecified atom stereocenters. The zero-order chi connectivity index (χ0) is 16.2. The van der Waals surface area contributed by atoms with Crippen molar-refractivity contribution >= 4 is 17.5 Å². The van der Waals surface area contributed by atoms with Gasteiger partial charge in [0.05, 0.1) is 6.54 Å². The number of benzene rings is 1. The molecule has 0 saturated carbocycles. The lowest BCUT2D eigenvalue weighted by atomic mass is 10.1. The Morgan fingerprint density at radius 3 is 2.14 bits per heavy atom. The van der Waals surface area contributed by atoms with Gasteiger partial charge in [0.15, 0.2) is 0 Å². The summed E-state index contributed by atoms with van der Waals surface area (Å²) >= 11 is 0. The van der Waals surface area contributed by atoms with Crippen molar-refractivity contribution in [1.82, 2.24) is 4.90 Å². The first-order chi connectivity index (χ1) is 9.64. The second-order valence-electron chi connectivity index (χ2n) is 4.29. The first kappa shape index (κ1) is 16.7. The van der Waals surface area contributed by atoms with Gasteiger partial charge in [-0.05, 0) is 17.7 Å². The average Bonchev–Trinajstić information content (AvgIpc) is 2.39. The summed E-state index contributed by atoms with van der Waals surface area (Å²) in [5, 5.41) is 0. The third kappa shape index (κ3) is 4.33. The molecule has 0 atom stereocenters. The highest BCUT2D eigenvalue weighted by Crippen LogP contribution is 2.26. The summed E-state index contributed by atoms with van der Waals surface area (Å²) in [5.41, 5.74) is 11.0. The number of anilines is 1. The van der Waals surface area contributed by atoms with Crippen LogP contribution in [0.2, 0.25) is 0 Å². The second-order valence-corrected chi connectivity index (χ2v) is 4.29. The molecule has 4 N–H and O–H groups in total. The van der Waals surface area contributed by atoms with E-state index in [1.165, 1.54) is 24.3 Å². The minimum Gasteiger partial charge on any atom is -0.399 e. The Balaban J connectivity index is 2.97. The Hall–Kier alpha value is -2.32. The maximum absolute atomic E-state index is 13.1. The van der Waals surface area contributed by atoms with Crippen LogP contribution in [-0.2, 0) is 16.1 Å². The van der Waals surface area contributed by atoms with Crippen LogP contribution in [0.15, 0.2) is 24.3 Å². The van der Waals surface area contributed by atoms with Crippen LogP contribution in [0, 0.1) is 0 Å². The van der Waals surface area contributed by atoms with Crippen molar-refractivity contribution in [3.63, 3.8) is 0 Å². The molecule has 5 nitrogen and oxygen atoms in total. The van der Waals surface area contributed by atoms with E-state index < -0.39 is 37.3 Å². The lowest BCUT2D eigenvalue weighted by Gasteiger charge is -2.25.